The van der Waals surface area contributed by atoms with Gasteiger partial charge in [-0.3, -0.25) is 9.59 Å². The maximum atomic E-state index is 12.5. The number of carbonyl (C=O) groups is 2. The van der Waals surface area contributed by atoms with E-state index in [0.717, 1.165) is 44.9 Å². The minimum atomic E-state index is -0.847. The van der Waals surface area contributed by atoms with Gasteiger partial charge in [0, 0.05) is 12.8 Å². The molecule has 0 aromatic rings. The molecule has 1 amide bonds. The van der Waals surface area contributed by atoms with Crippen LogP contribution in [-0.4, -0.2) is 47.4 Å². The molecule has 0 aromatic carbocycles. The Hall–Kier alpha value is -1.66. The Bertz CT molecular complexity index is 1030. The van der Waals surface area contributed by atoms with Crippen molar-refractivity contribution in [1.82, 2.24) is 5.32 Å². The van der Waals surface area contributed by atoms with Gasteiger partial charge in [0.15, 0.2) is 0 Å². The van der Waals surface area contributed by atoms with Gasteiger partial charge in [-0.15, -0.1) is 0 Å². The quantitative estimate of drug-likeness (QED) is 0.0321. The largest absolute Gasteiger partial charge is 0.466 e. The number of amides is 1. The van der Waals surface area contributed by atoms with Gasteiger partial charge in [-0.25, -0.2) is 0 Å². The van der Waals surface area contributed by atoms with Crippen LogP contribution in [0.4, 0.5) is 0 Å². The molecule has 0 radical (unpaired) electrons. The lowest BCUT2D eigenvalue weighted by molar-refractivity contribution is -0.143. The number of aliphatic hydroxyl groups is 2. The van der Waals surface area contributed by atoms with Crippen molar-refractivity contribution in [3.05, 3.63) is 24.3 Å². The zero-order valence-corrected chi connectivity index (χ0v) is 44.4. The summed E-state index contributed by atoms with van der Waals surface area (Å²) < 4.78 is 5.48. The fraction of sp³-hybridized carbons (Fsp3) is 0.900. The Morgan fingerprint density at radius 3 is 1.08 bits per heavy atom. The number of hydrogen-bond donors (Lipinski definition) is 3. The molecule has 0 heterocycles. The summed E-state index contributed by atoms with van der Waals surface area (Å²) in [6.45, 7) is 4.90. The van der Waals surface area contributed by atoms with Gasteiger partial charge in [-0.1, -0.05) is 276 Å². The van der Waals surface area contributed by atoms with E-state index in [1.807, 2.05) is 6.08 Å². The Labute approximate surface area is 411 Å². The van der Waals surface area contributed by atoms with Crippen LogP contribution in [0, 0.1) is 0 Å². The molecule has 3 N–H and O–H groups in total. The Kier molecular flexibility index (Phi) is 54.5. The topological polar surface area (TPSA) is 95.9 Å². The molecular formula is C60H115NO5. The van der Waals surface area contributed by atoms with Crippen LogP contribution in [0.15, 0.2) is 24.3 Å². The Morgan fingerprint density at radius 2 is 0.712 bits per heavy atom. The van der Waals surface area contributed by atoms with Gasteiger partial charge in [0.2, 0.25) is 5.91 Å². The van der Waals surface area contributed by atoms with Crippen LogP contribution in [0.25, 0.3) is 0 Å². The standard InChI is InChI=1S/C60H115NO5/c1-3-5-7-9-11-13-15-17-19-25-28-32-36-40-44-48-52-58(63)57(56-62)61-59(64)53-49-45-41-37-33-29-26-22-20-21-23-27-31-35-39-43-47-51-55-66-60(65)54-50-46-42-38-34-30-24-18-16-14-12-10-8-6-4-2/h18,24,48,52,57-58,62-63H,3-17,19-23,25-47,49-51,53-56H2,1-2H3,(H,61,64)/b24-18-,52-48+. The monoisotopic (exact) mass is 930 g/mol. The van der Waals surface area contributed by atoms with Crippen LogP contribution < -0.4 is 5.32 Å². The van der Waals surface area contributed by atoms with Crippen LogP contribution in [-0.2, 0) is 14.3 Å². The number of esters is 1. The zero-order valence-electron chi connectivity index (χ0n) is 44.4. The SMILES string of the molecule is CCCCCCCC/C=C\CCCCCCCC(=O)OCCCCCCCCCCCCCCCCCCCCC(=O)NC(CO)C(O)/C=C/CCCCCCCCCCCCCCCC. The number of rotatable bonds is 55. The molecule has 0 aliphatic carbocycles. The second kappa shape index (κ2) is 55.9. The van der Waals surface area contributed by atoms with E-state index in [2.05, 4.69) is 31.3 Å². The lowest BCUT2D eigenvalue weighted by Crippen LogP contribution is -2.45. The van der Waals surface area contributed by atoms with E-state index in [1.165, 1.54) is 250 Å². The molecule has 0 bridgehead atoms. The van der Waals surface area contributed by atoms with E-state index in [1.54, 1.807) is 6.08 Å². The maximum absolute atomic E-state index is 12.5. The minimum absolute atomic E-state index is 0.00118. The molecule has 0 aliphatic heterocycles. The van der Waals surface area contributed by atoms with E-state index < -0.39 is 12.1 Å². The molecule has 0 aromatic heterocycles. The second-order valence-corrected chi connectivity index (χ2v) is 20.3. The van der Waals surface area contributed by atoms with Crippen LogP contribution >= 0.6 is 0 Å². The lowest BCUT2D eigenvalue weighted by Gasteiger charge is -2.20. The van der Waals surface area contributed by atoms with Crippen molar-refractivity contribution in [3.63, 3.8) is 0 Å². The van der Waals surface area contributed by atoms with Crippen LogP contribution in [0.2, 0.25) is 0 Å². The van der Waals surface area contributed by atoms with Crippen LogP contribution in [0.1, 0.15) is 322 Å². The average Bonchev–Trinajstić information content (AvgIpc) is 3.32. The number of unbranched alkanes of at least 4 members (excludes halogenated alkanes) is 42. The first kappa shape index (κ1) is 64.3. The molecule has 6 nitrogen and oxygen atoms in total. The average molecular weight is 931 g/mol. The predicted octanol–water partition coefficient (Wildman–Crippen LogP) is 18.2. The summed E-state index contributed by atoms with van der Waals surface area (Å²) in [4.78, 5) is 24.5. The molecule has 390 valence electrons. The molecular weight excluding hydrogens is 815 g/mol. The molecule has 2 unspecified atom stereocenters. The summed E-state index contributed by atoms with van der Waals surface area (Å²) in [5, 5.41) is 23.1. The smallest absolute Gasteiger partial charge is 0.305 e. The zero-order chi connectivity index (χ0) is 47.9. The second-order valence-electron chi connectivity index (χ2n) is 20.3. The van der Waals surface area contributed by atoms with E-state index >= 15 is 0 Å². The first-order chi connectivity index (χ1) is 32.5. The number of ether oxygens (including phenoxy) is 1. The summed E-state index contributed by atoms with van der Waals surface area (Å²) in [6.07, 6.45) is 67.7. The van der Waals surface area contributed by atoms with Gasteiger partial charge in [0.1, 0.15) is 0 Å². The predicted molar refractivity (Wildman–Crippen MR) is 287 cm³/mol. The minimum Gasteiger partial charge on any atom is -0.466 e. The van der Waals surface area contributed by atoms with E-state index in [0.29, 0.717) is 19.4 Å². The molecule has 0 aliphatic rings. The van der Waals surface area contributed by atoms with Crippen molar-refractivity contribution in [2.45, 2.75) is 334 Å². The molecule has 0 spiro atoms. The molecule has 2 atom stereocenters. The summed E-state index contributed by atoms with van der Waals surface area (Å²) >= 11 is 0. The van der Waals surface area contributed by atoms with Gasteiger partial charge < -0.3 is 20.3 Å². The van der Waals surface area contributed by atoms with Crippen molar-refractivity contribution in [3.8, 4) is 0 Å². The highest BCUT2D eigenvalue weighted by molar-refractivity contribution is 5.76. The number of allylic oxidation sites excluding steroid dienone is 3. The molecule has 6 heteroatoms. The summed E-state index contributed by atoms with van der Waals surface area (Å²) in [7, 11) is 0. The van der Waals surface area contributed by atoms with E-state index in [9.17, 15) is 19.8 Å². The third kappa shape index (κ3) is 51.7. The maximum Gasteiger partial charge on any atom is 0.305 e. The number of nitrogens with one attached hydrogen (secondary N) is 1. The molecule has 0 saturated carbocycles. The van der Waals surface area contributed by atoms with Crippen LogP contribution in [0.3, 0.4) is 0 Å². The van der Waals surface area contributed by atoms with Gasteiger partial charge in [0.25, 0.3) is 0 Å². The summed E-state index contributed by atoms with van der Waals surface area (Å²) in [6, 6.07) is -0.631. The molecule has 0 rings (SSSR count). The van der Waals surface area contributed by atoms with Crippen molar-refractivity contribution < 1.29 is 24.5 Å². The normalized spacial score (nSPS) is 12.7. The van der Waals surface area contributed by atoms with Crippen molar-refractivity contribution >= 4 is 11.9 Å². The van der Waals surface area contributed by atoms with E-state index in [-0.39, 0.29) is 18.5 Å². The number of hydrogen-bond acceptors (Lipinski definition) is 5. The lowest BCUT2D eigenvalue weighted by atomic mass is 10.0. The fourth-order valence-corrected chi connectivity index (χ4v) is 9.16. The number of aliphatic hydroxyl groups excluding tert-OH is 2. The van der Waals surface area contributed by atoms with Crippen LogP contribution in [0.5, 0.6) is 0 Å². The summed E-state index contributed by atoms with van der Waals surface area (Å²) in [5.41, 5.74) is 0. The van der Waals surface area contributed by atoms with Gasteiger partial charge >= 0.3 is 5.97 Å². The third-order valence-corrected chi connectivity index (χ3v) is 13.7. The van der Waals surface area contributed by atoms with Gasteiger partial charge in [-0.2, -0.15) is 0 Å². The highest BCUT2D eigenvalue weighted by atomic mass is 16.5. The van der Waals surface area contributed by atoms with E-state index in [4.69, 9.17) is 4.74 Å². The van der Waals surface area contributed by atoms with Gasteiger partial charge in [-0.05, 0) is 57.8 Å². The van der Waals surface area contributed by atoms with Crippen molar-refractivity contribution in [2.75, 3.05) is 13.2 Å². The molecule has 0 fully saturated rings. The molecule has 0 saturated heterocycles. The number of carbonyl (C=O) groups excluding carboxylic acids is 2. The highest BCUT2D eigenvalue weighted by Crippen LogP contribution is 2.17. The van der Waals surface area contributed by atoms with Gasteiger partial charge in [0.05, 0.1) is 25.4 Å². The van der Waals surface area contributed by atoms with Crippen molar-refractivity contribution in [2.24, 2.45) is 0 Å². The Morgan fingerprint density at radius 1 is 0.409 bits per heavy atom. The third-order valence-electron chi connectivity index (χ3n) is 13.7. The summed E-state index contributed by atoms with van der Waals surface area (Å²) in [5.74, 6) is -0.0717. The Balaban J connectivity index is 3.43. The molecule has 66 heavy (non-hydrogen) atoms. The fourth-order valence-electron chi connectivity index (χ4n) is 9.16. The first-order valence-electron chi connectivity index (χ1n) is 29.6. The first-order valence-corrected chi connectivity index (χ1v) is 29.6. The van der Waals surface area contributed by atoms with Crippen molar-refractivity contribution in [1.29, 1.82) is 0 Å². The highest BCUT2D eigenvalue weighted by Gasteiger charge is 2.18.